The van der Waals surface area contributed by atoms with Crippen molar-refractivity contribution in [2.45, 2.75) is 57.2 Å². The molecule has 1 saturated carbocycles. The van der Waals surface area contributed by atoms with Gasteiger partial charge in [0.05, 0.1) is 17.7 Å². The SMILES string of the molecule is C/C=C/C1CCC(c2ccc(C(F)(F)OCCc3ccc(C(F)(F)F)c(F)c3)cc2)CC1. The second kappa shape index (κ2) is 10.1. The van der Waals surface area contributed by atoms with E-state index in [1.165, 1.54) is 12.1 Å². The molecule has 0 saturated heterocycles. The molecule has 0 unspecified atom stereocenters. The topological polar surface area (TPSA) is 9.23 Å². The summed E-state index contributed by atoms with van der Waals surface area (Å²) < 4.78 is 85.0. The number of hydrogen-bond donors (Lipinski definition) is 0. The number of hydrogen-bond acceptors (Lipinski definition) is 1. The average Bonchev–Trinajstić information content (AvgIpc) is 2.74. The van der Waals surface area contributed by atoms with E-state index in [1.807, 2.05) is 6.92 Å². The Hall–Kier alpha value is -2.28. The zero-order valence-electron chi connectivity index (χ0n) is 17.8. The number of rotatable bonds is 7. The molecule has 3 rings (SSSR count). The predicted molar refractivity (Wildman–Crippen MR) is 111 cm³/mol. The lowest BCUT2D eigenvalue weighted by atomic mass is 9.78. The second-order valence-electron chi connectivity index (χ2n) is 8.19. The summed E-state index contributed by atoms with van der Waals surface area (Å²) in [6.45, 7) is 1.55. The van der Waals surface area contributed by atoms with E-state index in [-0.39, 0.29) is 17.5 Å². The maximum Gasteiger partial charge on any atom is 0.419 e. The number of halogens is 6. The molecular formula is C25H26F6O. The van der Waals surface area contributed by atoms with Gasteiger partial charge in [-0.25, -0.2) is 4.39 Å². The highest BCUT2D eigenvalue weighted by molar-refractivity contribution is 5.28. The molecule has 2 aromatic rings. The highest BCUT2D eigenvalue weighted by Crippen LogP contribution is 2.38. The summed E-state index contributed by atoms with van der Waals surface area (Å²) in [6.07, 6.45) is -0.00182. The maximum absolute atomic E-state index is 14.4. The van der Waals surface area contributed by atoms with E-state index in [0.717, 1.165) is 37.3 Å². The Morgan fingerprint density at radius 3 is 2.16 bits per heavy atom. The largest absolute Gasteiger partial charge is 0.419 e. The van der Waals surface area contributed by atoms with Crippen LogP contribution in [-0.4, -0.2) is 6.61 Å². The fourth-order valence-corrected chi connectivity index (χ4v) is 4.19. The molecule has 0 heterocycles. The van der Waals surface area contributed by atoms with Crippen molar-refractivity contribution in [3.63, 3.8) is 0 Å². The molecule has 1 aliphatic carbocycles. The molecule has 2 aromatic carbocycles. The fourth-order valence-electron chi connectivity index (χ4n) is 4.19. The molecule has 1 aliphatic rings. The van der Waals surface area contributed by atoms with Crippen LogP contribution in [0.4, 0.5) is 26.3 Å². The van der Waals surface area contributed by atoms with Gasteiger partial charge in [0.2, 0.25) is 0 Å². The van der Waals surface area contributed by atoms with Crippen LogP contribution in [0.25, 0.3) is 0 Å². The van der Waals surface area contributed by atoms with Crippen LogP contribution in [0, 0.1) is 11.7 Å². The summed E-state index contributed by atoms with van der Waals surface area (Å²) in [7, 11) is 0. The smallest absolute Gasteiger partial charge is 0.316 e. The average molecular weight is 456 g/mol. The number of benzene rings is 2. The Morgan fingerprint density at radius 1 is 0.938 bits per heavy atom. The molecule has 1 fully saturated rings. The van der Waals surface area contributed by atoms with E-state index in [0.29, 0.717) is 24.0 Å². The Bertz CT molecular complexity index is 909. The van der Waals surface area contributed by atoms with Crippen molar-refractivity contribution in [3.05, 3.63) is 82.7 Å². The van der Waals surface area contributed by atoms with Crippen LogP contribution in [0.1, 0.15) is 60.8 Å². The molecule has 0 spiro atoms. The summed E-state index contributed by atoms with van der Waals surface area (Å²) in [4.78, 5) is 0. The number of allylic oxidation sites excluding steroid dienone is 2. The molecule has 0 aliphatic heterocycles. The second-order valence-corrected chi connectivity index (χ2v) is 8.19. The van der Waals surface area contributed by atoms with Gasteiger partial charge in [-0.15, -0.1) is 0 Å². The summed E-state index contributed by atoms with van der Waals surface area (Å²) in [5.74, 6) is -0.488. The summed E-state index contributed by atoms with van der Waals surface area (Å²) in [5, 5.41) is 0. The monoisotopic (exact) mass is 456 g/mol. The fraction of sp³-hybridized carbons (Fsp3) is 0.440. The van der Waals surface area contributed by atoms with Gasteiger partial charge in [-0.05, 0) is 74.1 Å². The van der Waals surface area contributed by atoms with Crippen LogP contribution in [0.2, 0.25) is 0 Å². The molecule has 0 bridgehead atoms. The van der Waals surface area contributed by atoms with Crippen molar-refractivity contribution >= 4 is 0 Å². The van der Waals surface area contributed by atoms with Crippen LogP contribution in [0.3, 0.4) is 0 Å². The third-order valence-corrected chi connectivity index (χ3v) is 5.97. The van der Waals surface area contributed by atoms with Gasteiger partial charge in [-0.3, -0.25) is 0 Å². The minimum Gasteiger partial charge on any atom is -0.316 e. The Morgan fingerprint density at radius 2 is 1.59 bits per heavy atom. The van der Waals surface area contributed by atoms with Crippen molar-refractivity contribution in [2.75, 3.05) is 6.61 Å². The summed E-state index contributed by atoms with van der Waals surface area (Å²) in [6, 6.07) is 8.48. The van der Waals surface area contributed by atoms with Gasteiger partial charge in [0, 0.05) is 0 Å². The zero-order chi connectivity index (χ0) is 23.4. The highest BCUT2D eigenvalue weighted by Gasteiger charge is 2.35. The van der Waals surface area contributed by atoms with Crippen molar-refractivity contribution < 1.29 is 31.1 Å². The van der Waals surface area contributed by atoms with Crippen molar-refractivity contribution in [1.82, 2.24) is 0 Å². The standard InChI is InChI=1S/C25H26F6O/c1-2-3-17-4-7-19(8-5-17)20-9-11-21(12-10-20)25(30,31)32-15-14-18-6-13-22(23(26)16-18)24(27,28)29/h2-3,6,9-13,16-17,19H,4-5,7-8,14-15H2,1H3/b3-2+. The minimum absolute atomic E-state index is 0.141. The zero-order valence-corrected chi connectivity index (χ0v) is 17.8. The molecule has 0 radical (unpaired) electrons. The van der Waals surface area contributed by atoms with Crippen molar-refractivity contribution in [1.29, 1.82) is 0 Å². The lowest BCUT2D eigenvalue weighted by Gasteiger charge is -2.27. The third kappa shape index (κ3) is 6.15. The van der Waals surface area contributed by atoms with Crippen LogP contribution in [-0.2, 0) is 23.4 Å². The first-order valence-corrected chi connectivity index (χ1v) is 10.7. The molecule has 7 heteroatoms. The molecule has 0 atom stereocenters. The first-order chi connectivity index (χ1) is 15.1. The molecule has 0 aromatic heterocycles. The van der Waals surface area contributed by atoms with E-state index in [4.69, 9.17) is 4.74 Å². The van der Waals surface area contributed by atoms with E-state index >= 15 is 0 Å². The lowest BCUT2D eigenvalue weighted by molar-refractivity contribution is -0.248. The van der Waals surface area contributed by atoms with Gasteiger partial charge < -0.3 is 4.74 Å². The van der Waals surface area contributed by atoms with Gasteiger partial charge in [-0.1, -0.05) is 42.5 Å². The van der Waals surface area contributed by atoms with Crippen molar-refractivity contribution in [2.24, 2.45) is 5.92 Å². The Labute approximate surface area is 184 Å². The van der Waals surface area contributed by atoms with Gasteiger partial charge in [-0.2, -0.15) is 22.0 Å². The molecule has 32 heavy (non-hydrogen) atoms. The van der Waals surface area contributed by atoms with E-state index < -0.39 is 30.3 Å². The first-order valence-electron chi connectivity index (χ1n) is 10.7. The highest BCUT2D eigenvalue weighted by atomic mass is 19.4. The molecule has 0 amide bonds. The van der Waals surface area contributed by atoms with Crippen LogP contribution < -0.4 is 0 Å². The lowest BCUT2D eigenvalue weighted by Crippen LogP contribution is -2.20. The Kier molecular flexibility index (Phi) is 7.70. The number of alkyl halides is 5. The van der Waals surface area contributed by atoms with E-state index in [2.05, 4.69) is 12.2 Å². The van der Waals surface area contributed by atoms with Gasteiger partial charge in [0.1, 0.15) is 5.82 Å². The molecular weight excluding hydrogens is 430 g/mol. The van der Waals surface area contributed by atoms with Crippen LogP contribution in [0.15, 0.2) is 54.6 Å². The van der Waals surface area contributed by atoms with Gasteiger partial charge in [0.15, 0.2) is 0 Å². The normalized spacial score (nSPS) is 20.1. The molecule has 174 valence electrons. The molecule has 1 nitrogen and oxygen atoms in total. The van der Waals surface area contributed by atoms with E-state index in [9.17, 15) is 26.3 Å². The van der Waals surface area contributed by atoms with E-state index in [1.54, 1.807) is 12.1 Å². The third-order valence-electron chi connectivity index (χ3n) is 5.97. The summed E-state index contributed by atoms with van der Waals surface area (Å²) in [5.41, 5.74) is -0.496. The Balaban J connectivity index is 1.55. The van der Waals surface area contributed by atoms with Gasteiger partial charge >= 0.3 is 12.3 Å². The molecule has 0 N–H and O–H groups in total. The van der Waals surface area contributed by atoms with Crippen molar-refractivity contribution in [3.8, 4) is 0 Å². The van der Waals surface area contributed by atoms with Crippen LogP contribution in [0.5, 0.6) is 0 Å². The van der Waals surface area contributed by atoms with Crippen LogP contribution >= 0.6 is 0 Å². The number of ether oxygens (including phenoxy) is 1. The maximum atomic E-state index is 14.4. The van der Waals surface area contributed by atoms with Gasteiger partial charge in [0.25, 0.3) is 0 Å². The quantitative estimate of drug-likeness (QED) is 0.303. The first kappa shape index (κ1) is 24.4. The summed E-state index contributed by atoms with van der Waals surface area (Å²) >= 11 is 0. The minimum atomic E-state index is -4.80. The predicted octanol–water partition coefficient (Wildman–Crippen LogP) is 8.00.